The molecule has 1 aliphatic rings. The van der Waals surface area contributed by atoms with Gasteiger partial charge in [0.25, 0.3) is 5.91 Å². The van der Waals surface area contributed by atoms with Crippen molar-refractivity contribution >= 4 is 5.91 Å². The molecule has 0 saturated heterocycles. The molecule has 0 aromatic heterocycles. The van der Waals surface area contributed by atoms with Crippen LogP contribution in [0.4, 0.5) is 0 Å². The summed E-state index contributed by atoms with van der Waals surface area (Å²) in [5.41, 5.74) is 1.13. The van der Waals surface area contributed by atoms with Gasteiger partial charge in [-0.3, -0.25) is 4.79 Å². The van der Waals surface area contributed by atoms with Crippen LogP contribution in [0.25, 0.3) is 0 Å². The summed E-state index contributed by atoms with van der Waals surface area (Å²) in [5.74, 6) is 0.928. The van der Waals surface area contributed by atoms with Crippen molar-refractivity contribution in [1.82, 2.24) is 9.80 Å². The number of benzene rings is 1. The van der Waals surface area contributed by atoms with Crippen molar-refractivity contribution < 1.29 is 14.3 Å². The lowest BCUT2D eigenvalue weighted by atomic mass is 10.0. The number of hydrogen-bond acceptors (Lipinski definition) is 5. The van der Waals surface area contributed by atoms with Crippen LogP contribution in [0.15, 0.2) is 12.1 Å². The highest BCUT2D eigenvalue weighted by atomic mass is 16.5. The van der Waals surface area contributed by atoms with Crippen molar-refractivity contribution in [2.24, 2.45) is 0 Å². The fraction of sp³-hybridized carbons (Fsp3) is 0.529. The summed E-state index contributed by atoms with van der Waals surface area (Å²) in [6.45, 7) is 7.25. The lowest BCUT2D eigenvalue weighted by Gasteiger charge is -2.25. The first-order chi connectivity index (χ1) is 11.1. The summed E-state index contributed by atoms with van der Waals surface area (Å²) in [6, 6.07) is 5.02. The van der Waals surface area contributed by atoms with E-state index in [4.69, 9.17) is 9.47 Å². The van der Waals surface area contributed by atoms with Crippen LogP contribution in [-0.2, 0) is 0 Å². The van der Waals surface area contributed by atoms with Gasteiger partial charge in [-0.25, -0.2) is 0 Å². The van der Waals surface area contributed by atoms with Crippen LogP contribution in [0, 0.1) is 11.3 Å². The number of fused-ring (bicyclic) bond motifs is 1. The third-order valence-electron chi connectivity index (χ3n) is 4.32. The Morgan fingerprint density at radius 2 is 1.96 bits per heavy atom. The predicted molar refractivity (Wildman–Crippen MR) is 86.7 cm³/mol. The van der Waals surface area contributed by atoms with E-state index in [-0.39, 0.29) is 5.91 Å². The van der Waals surface area contributed by atoms with Crippen LogP contribution in [0.3, 0.4) is 0 Å². The van der Waals surface area contributed by atoms with E-state index in [1.807, 2.05) is 0 Å². The largest absolute Gasteiger partial charge is 0.497 e. The van der Waals surface area contributed by atoms with Crippen LogP contribution in [0.1, 0.15) is 35.8 Å². The first-order valence-corrected chi connectivity index (χ1v) is 7.80. The minimum atomic E-state index is -0.617. The minimum Gasteiger partial charge on any atom is -0.497 e. The zero-order chi connectivity index (χ0) is 17.0. The normalized spacial score (nSPS) is 16.4. The quantitative estimate of drug-likeness (QED) is 0.770. The molecule has 1 aromatic carbocycles. The molecule has 1 aliphatic heterocycles. The van der Waals surface area contributed by atoms with Crippen molar-refractivity contribution in [3.63, 3.8) is 0 Å². The number of methoxy groups -OCH3 is 2. The summed E-state index contributed by atoms with van der Waals surface area (Å²) < 4.78 is 10.6. The molecule has 1 unspecified atom stereocenters. The van der Waals surface area contributed by atoms with E-state index < -0.39 is 6.04 Å². The molecule has 0 bridgehead atoms. The lowest BCUT2D eigenvalue weighted by Crippen LogP contribution is -2.36. The third-order valence-corrected chi connectivity index (χ3v) is 4.32. The number of hydrogen-bond donors (Lipinski definition) is 0. The molecule has 1 amide bonds. The second-order valence-electron chi connectivity index (χ2n) is 5.35. The SMILES string of the molecule is CCN(CC)CCN1C(=O)c2cc(OC)cc(OC)c2C1C#N. The predicted octanol–water partition coefficient (Wildman–Crippen LogP) is 2.07. The Hall–Kier alpha value is -2.26. The maximum absolute atomic E-state index is 12.7. The highest BCUT2D eigenvalue weighted by Crippen LogP contribution is 2.41. The van der Waals surface area contributed by atoms with Gasteiger partial charge < -0.3 is 19.3 Å². The summed E-state index contributed by atoms with van der Waals surface area (Å²) in [5, 5.41) is 9.58. The lowest BCUT2D eigenvalue weighted by molar-refractivity contribution is 0.0737. The minimum absolute atomic E-state index is 0.143. The van der Waals surface area contributed by atoms with Gasteiger partial charge in [-0.15, -0.1) is 0 Å². The van der Waals surface area contributed by atoms with E-state index in [0.717, 1.165) is 19.6 Å². The molecule has 0 saturated carbocycles. The number of nitrogens with zero attached hydrogens (tertiary/aromatic N) is 3. The molecule has 1 heterocycles. The van der Waals surface area contributed by atoms with Gasteiger partial charge in [-0.2, -0.15) is 5.26 Å². The topological polar surface area (TPSA) is 65.8 Å². The van der Waals surface area contributed by atoms with Crippen molar-refractivity contribution in [2.45, 2.75) is 19.9 Å². The smallest absolute Gasteiger partial charge is 0.255 e. The van der Waals surface area contributed by atoms with Gasteiger partial charge in [0.15, 0.2) is 0 Å². The molecule has 6 heteroatoms. The van der Waals surface area contributed by atoms with E-state index in [1.165, 1.54) is 7.11 Å². The van der Waals surface area contributed by atoms with Gasteiger partial charge in [-0.1, -0.05) is 13.8 Å². The Kier molecular flexibility index (Phi) is 5.45. The number of likely N-dealkylation sites (N-methyl/N-ethyl adjacent to an activating group) is 1. The molecule has 0 fully saturated rings. The average molecular weight is 317 g/mol. The molecule has 1 aromatic rings. The van der Waals surface area contributed by atoms with E-state index in [1.54, 1.807) is 24.1 Å². The maximum atomic E-state index is 12.7. The van der Waals surface area contributed by atoms with E-state index >= 15 is 0 Å². The fourth-order valence-electron chi connectivity index (χ4n) is 2.93. The number of amides is 1. The molecule has 23 heavy (non-hydrogen) atoms. The summed E-state index contributed by atoms with van der Waals surface area (Å²) in [7, 11) is 3.08. The van der Waals surface area contributed by atoms with Crippen LogP contribution in [-0.4, -0.2) is 56.1 Å². The van der Waals surface area contributed by atoms with Crippen LogP contribution in [0.2, 0.25) is 0 Å². The first-order valence-electron chi connectivity index (χ1n) is 7.80. The van der Waals surface area contributed by atoms with E-state index in [0.29, 0.717) is 29.2 Å². The summed E-state index contributed by atoms with van der Waals surface area (Å²) in [6.07, 6.45) is 0. The fourth-order valence-corrected chi connectivity index (χ4v) is 2.93. The Bertz CT molecular complexity index is 620. The zero-order valence-corrected chi connectivity index (χ0v) is 14.1. The van der Waals surface area contributed by atoms with Crippen molar-refractivity contribution in [3.8, 4) is 17.6 Å². The van der Waals surface area contributed by atoms with Gasteiger partial charge in [0.1, 0.15) is 17.5 Å². The first kappa shape index (κ1) is 17.1. The molecule has 6 nitrogen and oxygen atoms in total. The van der Waals surface area contributed by atoms with Gasteiger partial charge in [0.05, 0.1) is 25.9 Å². The number of ether oxygens (including phenoxy) is 2. The van der Waals surface area contributed by atoms with Crippen molar-refractivity contribution in [3.05, 3.63) is 23.3 Å². The molecule has 2 rings (SSSR count). The number of carbonyl (C=O) groups is 1. The monoisotopic (exact) mass is 317 g/mol. The van der Waals surface area contributed by atoms with Gasteiger partial charge >= 0.3 is 0 Å². The second-order valence-corrected chi connectivity index (χ2v) is 5.35. The number of nitriles is 1. The molecule has 0 N–H and O–H groups in total. The molecular weight excluding hydrogens is 294 g/mol. The summed E-state index contributed by atoms with van der Waals surface area (Å²) in [4.78, 5) is 16.6. The number of carbonyl (C=O) groups excluding carboxylic acids is 1. The van der Waals surface area contributed by atoms with Crippen LogP contribution in [0.5, 0.6) is 11.5 Å². The standard InChI is InChI=1S/C17H23N3O3/c1-5-19(6-2)7-8-20-14(11-18)16-13(17(20)21)9-12(22-3)10-15(16)23-4/h9-10,14H,5-8H2,1-4H3. The van der Waals surface area contributed by atoms with Crippen molar-refractivity contribution in [2.75, 3.05) is 40.4 Å². The second kappa shape index (κ2) is 7.34. The molecule has 0 radical (unpaired) electrons. The Morgan fingerprint density at radius 3 is 2.48 bits per heavy atom. The van der Waals surface area contributed by atoms with E-state index in [9.17, 15) is 10.1 Å². The molecule has 1 atom stereocenters. The third kappa shape index (κ3) is 3.10. The maximum Gasteiger partial charge on any atom is 0.255 e. The summed E-state index contributed by atoms with van der Waals surface area (Å²) >= 11 is 0. The van der Waals surface area contributed by atoms with Crippen LogP contribution >= 0.6 is 0 Å². The Morgan fingerprint density at radius 1 is 1.26 bits per heavy atom. The molecule has 0 aliphatic carbocycles. The molecular formula is C17H23N3O3. The molecule has 0 spiro atoms. The van der Waals surface area contributed by atoms with Crippen molar-refractivity contribution in [1.29, 1.82) is 5.26 Å². The number of rotatable bonds is 7. The average Bonchev–Trinajstić information content (AvgIpc) is 2.86. The van der Waals surface area contributed by atoms with E-state index in [2.05, 4.69) is 24.8 Å². The Labute approximate surface area is 137 Å². The zero-order valence-electron chi connectivity index (χ0n) is 14.1. The van der Waals surface area contributed by atoms with Gasteiger partial charge in [0.2, 0.25) is 0 Å². The van der Waals surface area contributed by atoms with Gasteiger partial charge in [-0.05, 0) is 19.2 Å². The molecule has 124 valence electrons. The Balaban J connectivity index is 2.35. The van der Waals surface area contributed by atoms with Gasteiger partial charge in [0, 0.05) is 24.7 Å². The highest BCUT2D eigenvalue weighted by Gasteiger charge is 2.39. The van der Waals surface area contributed by atoms with Crippen LogP contribution < -0.4 is 9.47 Å². The highest BCUT2D eigenvalue weighted by molar-refractivity contribution is 6.01.